The monoisotopic (exact) mass is 231 g/mol. The summed E-state index contributed by atoms with van der Waals surface area (Å²) in [6, 6.07) is 9.96. The molecule has 58 valence electrons. The number of benzene rings is 1. The summed E-state index contributed by atoms with van der Waals surface area (Å²) in [5.74, 6) is 0. The molecule has 3 heteroatoms. The van der Waals surface area contributed by atoms with E-state index in [2.05, 4.69) is 15.9 Å². The van der Waals surface area contributed by atoms with E-state index < -0.39 is 0 Å². The first-order chi connectivity index (χ1) is 5.33. The highest BCUT2D eigenvalue weighted by atomic mass is 79.9. The zero-order valence-electron chi connectivity index (χ0n) is 5.87. The number of rotatable bonds is 3. The SMILES string of the molecule is O=[S+]C(Br)Cc1ccccc1. The van der Waals surface area contributed by atoms with Gasteiger partial charge in [-0.1, -0.05) is 30.3 Å². The largest absolute Gasteiger partial charge is 0.474 e. The van der Waals surface area contributed by atoms with E-state index in [4.69, 9.17) is 0 Å². The van der Waals surface area contributed by atoms with Gasteiger partial charge < -0.3 is 0 Å². The molecule has 1 atom stereocenters. The first kappa shape index (κ1) is 8.81. The lowest BCUT2D eigenvalue weighted by molar-refractivity contribution is 0.603. The molecule has 0 aliphatic heterocycles. The van der Waals surface area contributed by atoms with Crippen LogP contribution < -0.4 is 0 Å². The highest BCUT2D eigenvalue weighted by Crippen LogP contribution is 2.08. The molecule has 0 fully saturated rings. The molecule has 1 rings (SSSR count). The average molecular weight is 232 g/mol. The summed E-state index contributed by atoms with van der Waals surface area (Å²) in [5, 5.41) is 0. The Morgan fingerprint density at radius 2 is 2.00 bits per heavy atom. The molecule has 0 saturated heterocycles. The van der Waals surface area contributed by atoms with Gasteiger partial charge in [-0.25, -0.2) is 0 Å². The molecule has 0 aromatic heterocycles. The van der Waals surface area contributed by atoms with Crippen LogP contribution in [-0.2, 0) is 22.3 Å². The molecule has 0 radical (unpaired) electrons. The van der Waals surface area contributed by atoms with Gasteiger partial charge in [-0.15, -0.1) is 0 Å². The van der Waals surface area contributed by atoms with Gasteiger partial charge in [0.15, 0.2) is 0 Å². The van der Waals surface area contributed by atoms with Crippen LogP contribution in [0.1, 0.15) is 5.56 Å². The molecule has 1 unspecified atom stereocenters. The van der Waals surface area contributed by atoms with Crippen LogP contribution >= 0.6 is 15.9 Å². The molecule has 0 saturated carbocycles. The Morgan fingerprint density at radius 1 is 1.36 bits per heavy atom. The Morgan fingerprint density at radius 3 is 2.55 bits per heavy atom. The summed E-state index contributed by atoms with van der Waals surface area (Å²) in [5.41, 5.74) is 1.19. The third-order valence-corrected chi connectivity index (χ3v) is 2.50. The second-order valence-electron chi connectivity index (χ2n) is 2.20. The maximum Gasteiger partial charge on any atom is 0.474 e. The number of hydrogen-bond acceptors (Lipinski definition) is 1. The van der Waals surface area contributed by atoms with E-state index in [1.807, 2.05) is 30.3 Å². The van der Waals surface area contributed by atoms with Crippen molar-refractivity contribution in [2.75, 3.05) is 0 Å². The van der Waals surface area contributed by atoms with Crippen molar-refractivity contribution in [3.8, 4) is 0 Å². The fourth-order valence-corrected chi connectivity index (χ4v) is 1.47. The van der Waals surface area contributed by atoms with Crippen molar-refractivity contribution < 1.29 is 4.21 Å². The fraction of sp³-hybridized carbons (Fsp3) is 0.250. The Labute approximate surface area is 78.4 Å². The third-order valence-electron chi connectivity index (χ3n) is 1.34. The first-order valence-electron chi connectivity index (χ1n) is 3.29. The molecule has 1 aromatic carbocycles. The topological polar surface area (TPSA) is 17.1 Å². The molecule has 0 amide bonds. The predicted molar refractivity (Wildman–Crippen MR) is 50.9 cm³/mol. The van der Waals surface area contributed by atoms with Crippen molar-refractivity contribution in [1.29, 1.82) is 0 Å². The van der Waals surface area contributed by atoms with Gasteiger partial charge in [0.2, 0.25) is 0 Å². The van der Waals surface area contributed by atoms with E-state index >= 15 is 0 Å². The quantitative estimate of drug-likeness (QED) is 0.577. The Kier molecular flexibility index (Phi) is 3.66. The highest BCUT2D eigenvalue weighted by Gasteiger charge is 2.16. The molecule has 0 aliphatic carbocycles. The van der Waals surface area contributed by atoms with Crippen LogP contribution in [0.25, 0.3) is 0 Å². The second-order valence-corrected chi connectivity index (χ2v) is 4.67. The van der Waals surface area contributed by atoms with Crippen LogP contribution in [-0.4, -0.2) is 4.16 Å². The van der Waals surface area contributed by atoms with E-state index in [0.29, 0.717) is 11.7 Å². The highest BCUT2D eigenvalue weighted by molar-refractivity contribution is 9.11. The third kappa shape index (κ3) is 3.08. The Bertz CT molecular complexity index is 225. The van der Waals surface area contributed by atoms with Crippen LogP contribution in [0, 0.1) is 0 Å². The predicted octanol–water partition coefficient (Wildman–Crippen LogP) is 2.38. The molecular weight excluding hydrogens is 224 g/mol. The Balaban J connectivity index is 2.57. The molecule has 0 heterocycles. The van der Waals surface area contributed by atoms with Crippen molar-refractivity contribution in [3.63, 3.8) is 0 Å². The van der Waals surface area contributed by atoms with Crippen LogP contribution in [0.2, 0.25) is 0 Å². The van der Waals surface area contributed by atoms with Crippen LogP contribution in [0.3, 0.4) is 0 Å². The zero-order valence-corrected chi connectivity index (χ0v) is 8.27. The molecule has 1 aromatic rings. The van der Waals surface area contributed by atoms with Gasteiger partial charge >= 0.3 is 11.7 Å². The van der Waals surface area contributed by atoms with E-state index in [-0.39, 0.29) is 4.16 Å². The minimum Gasteiger partial charge on any atom is -0.0622 e. The van der Waals surface area contributed by atoms with Gasteiger partial charge in [0.25, 0.3) is 4.16 Å². The summed E-state index contributed by atoms with van der Waals surface area (Å²) >= 11 is 3.85. The van der Waals surface area contributed by atoms with E-state index in [1.54, 1.807) is 0 Å². The summed E-state index contributed by atoms with van der Waals surface area (Å²) in [6.07, 6.45) is 0.787. The van der Waals surface area contributed by atoms with Gasteiger partial charge in [-0.05, 0) is 21.5 Å². The van der Waals surface area contributed by atoms with Crippen molar-refractivity contribution in [2.45, 2.75) is 10.6 Å². The normalized spacial score (nSPS) is 12.5. The average Bonchev–Trinajstić information content (AvgIpc) is 2.06. The van der Waals surface area contributed by atoms with E-state index in [1.165, 1.54) is 5.56 Å². The van der Waals surface area contributed by atoms with Crippen LogP contribution in [0.15, 0.2) is 30.3 Å². The standard InChI is InChI=1S/C8H8BrOS/c9-8(11-10)6-7-4-2-1-3-5-7/h1-5,8H,6H2/q+1. The summed E-state index contributed by atoms with van der Waals surface area (Å²) in [7, 11) is 0. The molecular formula is C8H8BrOS+. The van der Waals surface area contributed by atoms with Gasteiger partial charge in [-0.3, -0.25) is 0 Å². The summed E-state index contributed by atoms with van der Waals surface area (Å²) < 4.78 is 10.3. The first-order valence-corrected chi connectivity index (χ1v) is 5.01. The van der Waals surface area contributed by atoms with Crippen molar-refractivity contribution >= 4 is 27.6 Å². The van der Waals surface area contributed by atoms with Crippen molar-refractivity contribution in [1.82, 2.24) is 0 Å². The number of hydrogen-bond donors (Lipinski definition) is 0. The zero-order chi connectivity index (χ0) is 8.10. The molecule has 0 spiro atoms. The molecule has 1 nitrogen and oxygen atoms in total. The van der Waals surface area contributed by atoms with Gasteiger partial charge in [0.1, 0.15) is 0 Å². The lowest BCUT2D eigenvalue weighted by Crippen LogP contribution is -1.98. The van der Waals surface area contributed by atoms with Crippen LogP contribution in [0.4, 0.5) is 0 Å². The smallest absolute Gasteiger partial charge is 0.0622 e. The van der Waals surface area contributed by atoms with Gasteiger partial charge in [0.05, 0.1) is 0 Å². The second kappa shape index (κ2) is 4.57. The fourth-order valence-electron chi connectivity index (χ4n) is 0.833. The number of alkyl halides is 1. The lowest BCUT2D eigenvalue weighted by atomic mass is 10.2. The van der Waals surface area contributed by atoms with E-state index in [0.717, 1.165) is 6.42 Å². The summed E-state index contributed by atoms with van der Waals surface area (Å²) in [4.78, 5) is 0. The molecule has 0 aliphatic rings. The maximum absolute atomic E-state index is 10.3. The molecule has 0 bridgehead atoms. The van der Waals surface area contributed by atoms with Crippen LogP contribution in [0.5, 0.6) is 0 Å². The van der Waals surface area contributed by atoms with Gasteiger partial charge in [0, 0.05) is 10.6 Å². The minimum atomic E-state index is -0.00935. The van der Waals surface area contributed by atoms with Crippen molar-refractivity contribution in [2.24, 2.45) is 0 Å². The van der Waals surface area contributed by atoms with Gasteiger partial charge in [-0.2, -0.15) is 0 Å². The van der Waals surface area contributed by atoms with Crippen molar-refractivity contribution in [3.05, 3.63) is 35.9 Å². The lowest BCUT2D eigenvalue weighted by Gasteiger charge is -1.93. The molecule has 11 heavy (non-hydrogen) atoms. The maximum atomic E-state index is 10.3. The minimum absolute atomic E-state index is 0.00935. The van der Waals surface area contributed by atoms with E-state index in [9.17, 15) is 4.21 Å². The number of halogens is 1. The Hall–Kier alpha value is -0.280. The molecule has 0 N–H and O–H groups in total. The summed E-state index contributed by atoms with van der Waals surface area (Å²) in [6.45, 7) is 0.